The largest absolute Gasteiger partial charge is 0.383 e. The van der Waals surface area contributed by atoms with E-state index in [2.05, 4.69) is 31.7 Å². The summed E-state index contributed by atoms with van der Waals surface area (Å²) >= 11 is 6.17. The zero-order valence-electron chi connectivity index (χ0n) is 13.7. The van der Waals surface area contributed by atoms with Crippen LogP contribution in [0.1, 0.15) is 45.2 Å². The quantitative estimate of drug-likeness (QED) is 0.752. The van der Waals surface area contributed by atoms with Crippen molar-refractivity contribution in [2.24, 2.45) is 5.73 Å². The number of nitrogens with two attached hydrogens (primary N) is 1. The summed E-state index contributed by atoms with van der Waals surface area (Å²) in [6.45, 7) is 8.10. The summed E-state index contributed by atoms with van der Waals surface area (Å²) in [6, 6.07) is 8.72. The van der Waals surface area contributed by atoms with Crippen LogP contribution in [0.4, 0.5) is 0 Å². The molecule has 1 rings (SSSR count). The monoisotopic (exact) mass is 312 g/mol. The molecule has 0 bridgehead atoms. The lowest BCUT2D eigenvalue weighted by molar-refractivity contribution is 0.0702. The minimum Gasteiger partial charge on any atom is -0.383 e. The van der Waals surface area contributed by atoms with Crippen LogP contribution in [-0.4, -0.2) is 37.2 Å². The van der Waals surface area contributed by atoms with Crippen molar-refractivity contribution in [3.05, 3.63) is 34.9 Å². The van der Waals surface area contributed by atoms with E-state index in [0.29, 0.717) is 12.6 Å². The van der Waals surface area contributed by atoms with E-state index in [-0.39, 0.29) is 12.1 Å². The second-order valence-corrected chi connectivity index (χ2v) is 6.00. The number of rotatable bonds is 9. The molecule has 120 valence electrons. The van der Waals surface area contributed by atoms with Crippen LogP contribution in [0.2, 0.25) is 5.02 Å². The molecule has 21 heavy (non-hydrogen) atoms. The molecule has 2 atom stereocenters. The number of nitrogens with zero attached hydrogens (tertiary/aromatic N) is 1. The van der Waals surface area contributed by atoms with Crippen LogP contribution in [-0.2, 0) is 4.74 Å². The zero-order valence-corrected chi connectivity index (χ0v) is 14.4. The van der Waals surface area contributed by atoms with Crippen molar-refractivity contribution in [1.29, 1.82) is 0 Å². The minimum absolute atomic E-state index is 0.0286. The van der Waals surface area contributed by atoms with Gasteiger partial charge in [0.05, 0.1) is 12.6 Å². The van der Waals surface area contributed by atoms with E-state index in [1.54, 1.807) is 7.11 Å². The zero-order chi connectivity index (χ0) is 15.8. The van der Waals surface area contributed by atoms with Gasteiger partial charge in [0.25, 0.3) is 0 Å². The Morgan fingerprint density at radius 2 is 1.95 bits per heavy atom. The molecule has 0 aliphatic rings. The Hall–Kier alpha value is -0.610. The Labute approximate surface area is 134 Å². The third-order valence-electron chi connectivity index (χ3n) is 4.01. The second kappa shape index (κ2) is 9.42. The first kappa shape index (κ1) is 18.4. The smallest absolute Gasteiger partial charge is 0.0590 e. The van der Waals surface area contributed by atoms with Crippen LogP contribution >= 0.6 is 11.6 Å². The molecule has 2 unspecified atom stereocenters. The van der Waals surface area contributed by atoms with E-state index in [1.165, 1.54) is 5.56 Å². The molecule has 0 aromatic heterocycles. The van der Waals surface area contributed by atoms with Crippen LogP contribution < -0.4 is 5.73 Å². The lowest BCUT2D eigenvalue weighted by Gasteiger charge is -2.40. The fourth-order valence-electron chi connectivity index (χ4n) is 2.99. The van der Waals surface area contributed by atoms with E-state index in [1.807, 2.05) is 18.2 Å². The first-order valence-electron chi connectivity index (χ1n) is 7.80. The van der Waals surface area contributed by atoms with E-state index in [4.69, 9.17) is 22.1 Å². The lowest BCUT2D eigenvalue weighted by atomic mass is 9.96. The number of benzene rings is 1. The van der Waals surface area contributed by atoms with E-state index in [9.17, 15) is 0 Å². The van der Waals surface area contributed by atoms with Gasteiger partial charge in [-0.05, 0) is 37.5 Å². The molecule has 0 saturated heterocycles. The van der Waals surface area contributed by atoms with Crippen molar-refractivity contribution in [2.45, 2.75) is 51.7 Å². The predicted octanol–water partition coefficient (Wildman–Crippen LogP) is 3.87. The minimum atomic E-state index is 0.0286. The summed E-state index contributed by atoms with van der Waals surface area (Å²) in [5.74, 6) is 0. The van der Waals surface area contributed by atoms with Crippen LogP contribution in [0.25, 0.3) is 0 Å². The van der Waals surface area contributed by atoms with Crippen LogP contribution in [0.5, 0.6) is 0 Å². The molecule has 1 aromatic rings. The molecule has 0 amide bonds. The number of hydrogen-bond donors (Lipinski definition) is 1. The highest BCUT2D eigenvalue weighted by Gasteiger charge is 2.28. The van der Waals surface area contributed by atoms with Crippen molar-refractivity contribution in [3.8, 4) is 0 Å². The maximum Gasteiger partial charge on any atom is 0.0590 e. The molecule has 4 heteroatoms. The molecule has 0 heterocycles. The summed E-state index contributed by atoms with van der Waals surface area (Å²) in [5, 5.41) is 0.759. The Morgan fingerprint density at radius 1 is 1.29 bits per heavy atom. The topological polar surface area (TPSA) is 38.5 Å². The van der Waals surface area contributed by atoms with Crippen LogP contribution in [0, 0.1) is 0 Å². The third kappa shape index (κ3) is 5.26. The Morgan fingerprint density at radius 3 is 2.43 bits per heavy atom. The van der Waals surface area contributed by atoms with Gasteiger partial charge in [-0.2, -0.15) is 0 Å². The Bertz CT molecular complexity index is 408. The molecule has 0 aliphatic heterocycles. The van der Waals surface area contributed by atoms with Crippen molar-refractivity contribution in [1.82, 2.24) is 4.90 Å². The van der Waals surface area contributed by atoms with E-state index in [0.717, 1.165) is 24.4 Å². The number of halogens is 1. The van der Waals surface area contributed by atoms with Gasteiger partial charge in [-0.1, -0.05) is 37.6 Å². The molecule has 0 spiro atoms. The molecule has 0 saturated carbocycles. The first-order valence-corrected chi connectivity index (χ1v) is 8.18. The third-order valence-corrected chi connectivity index (χ3v) is 4.25. The van der Waals surface area contributed by atoms with E-state index < -0.39 is 0 Å². The van der Waals surface area contributed by atoms with Crippen LogP contribution in [0.15, 0.2) is 24.3 Å². The summed E-state index contributed by atoms with van der Waals surface area (Å²) < 4.78 is 5.29. The fraction of sp³-hybridized carbons (Fsp3) is 0.647. The number of hydrogen-bond acceptors (Lipinski definition) is 3. The normalized spacial score (nSPS) is 14.7. The van der Waals surface area contributed by atoms with Gasteiger partial charge >= 0.3 is 0 Å². The van der Waals surface area contributed by atoms with Crippen molar-refractivity contribution in [3.63, 3.8) is 0 Å². The highest BCUT2D eigenvalue weighted by Crippen LogP contribution is 2.29. The number of methoxy groups -OCH3 is 1. The summed E-state index contributed by atoms with van der Waals surface area (Å²) in [7, 11) is 1.74. The molecule has 0 fully saturated rings. The first-order chi connectivity index (χ1) is 10.0. The van der Waals surface area contributed by atoms with Gasteiger partial charge in [0.1, 0.15) is 0 Å². The molecule has 0 aliphatic carbocycles. The maximum atomic E-state index is 6.31. The SMILES string of the molecule is CCC(CC)N(CCOC)C(c1cccc(Cl)c1)C(C)N. The highest BCUT2D eigenvalue weighted by molar-refractivity contribution is 6.30. The summed E-state index contributed by atoms with van der Waals surface area (Å²) in [6.07, 6.45) is 2.20. The fourth-order valence-corrected chi connectivity index (χ4v) is 3.19. The predicted molar refractivity (Wildman–Crippen MR) is 90.8 cm³/mol. The highest BCUT2D eigenvalue weighted by atomic mass is 35.5. The molecule has 1 aromatic carbocycles. The van der Waals surface area contributed by atoms with Crippen LogP contribution in [0.3, 0.4) is 0 Å². The molecular formula is C17H29ClN2O. The standard InChI is InChI=1S/C17H29ClN2O/c1-5-16(6-2)20(10-11-21-4)17(13(3)19)14-8-7-9-15(18)12-14/h7-9,12-13,16-17H,5-6,10-11,19H2,1-4H3. The molecule has 3 nitrogen and oxygen atoms in total. The van der Waals surface area contributed by atoms with Crippen molar-refractivity contribution >= 4 is 11.6 Å². The average molecular weight is 313 g/mol. The van der Waals surface area contributed by atoms with Gasteiger partial charge in [-0.15, -0.1) is 0 Å². The van der Waals surface area contributed by atoms with Gasteiger partial charge in [-0.3, -0.25) is 4.90 Å². The maximum absolute atomic E-state index is 6.31. The molecular weight excluding hydrogens is 284 g/mol. The van der Waals surface area contributed by atoms with Crippen molar-refractivity contribution in [2.75, 3.05) is 20.3 Å². The number of ether oxygens (including phenoxy) is 1. The Kier molecular flexibility index (Phi) is 8.27. The van der Waals surface area contributed by atoms with Gasteiger partial charge < -0.3 is 10.5 Å². The van der Waals surface area contributed by atoms with Gasteiger partial charge in [0.15, 0.2) is 0 Å². The molecule has 0 radical (unpaired) electrons. The summed E-state index contributed by atoms with van der Waals surface area (Å²) in [4.78, 5) is 2.47. The summed E-state index contributed by atoms with van der Waals surface area (Å²) in [5.41, 5.74) is 7.49. The molecule has 2 N–H and O–H groups in total. The van der Waals surface area contributed by atoms with Gasteiger partial charge in [0, 0.05) is 30.8 Å². The van der Waals surface area contributed by atoms with Crippen molar-refractivity contribution < 1.29 is 4.74 Å². The Balaban J connectivity index is 3.12. The lowest BCUT2D eigenvalue weighted by Crippen LogP contribution is -2.46. The second-order valence-electron chi connectivity index (χ2n) is 5.56. The van der Waals surface area contributed by atoms with Gasteiger partial charge in [0.2, 0.25) is 0 Å². The average Bonchev–Trinajstić information content (AvgIpc) is 2.45. The van der Waals surface area contributed by atoms with E-state index >= 15 is 0 Å². The van der Waals surface area contributed by atoms with Gasteiger partial charge in [-0.25, -0.2) is 0 Å².